The highest BCUT2D eigenvalue weighted by atomic mass is 32.1. The number of amides is 1. The Kier molecular flexibility index (Phi) is 5.08. The van der Waals surface area contributed by atoms with Crippen LogP contribution in [0.3, 0.4) is 0 Å². The monoisotopic (exact) mass is 307 g/mol. The summed E-state index contributed by atoms with van der Waals surface area (Å²) in [7, 11) is 0. The van der Waals surface area contributed by atoms with E-state index < -0.39 is 0 Å². The third kappa shape index (κ3) is 4.12. The van der Waals surface area contributed by atoms with Gasteiger partial charge in [-0.25, -0.2) is 4.98 Å². The molecule has 0 spiro atoms. The molecule has 0 aliphatic carbocycles. The molecule has 6 nitrogen and oxygen atoms in total. The van der Waals surface area contributed by atoms with Crippen molar-refractivity contribution in [2.24, 2.45) is 0 Å². The van der Waals surface area contributed by atoms with E-state index in [0.29, 0.717) is 5.13 Å². The summed E-state index contributed by atoms with van der Waals surface area (Å²) in [6, 6.07) is 2.20. The summed E-state index contributed by atoms with van der Waals surface area (Å²) >= 11 is 1.50. The third-order valence-electron chi connectivity index (χ3n) is 3.53. The van der Waals surface area contributed by atoms with Crippen molar-refractivity contribution in [3.8, 4) is 0 Å². The van der Waals surface area contributed by atoms with Crippen molar-refractivity contribution in [2.75, 3.05) is 11.9 Å². The van der Waals surface area contributed by atoms with Crippen molar-refractivity contribution in [1.29, 1.82) is 0 Å². The fraction of sp³-hybridized carbons (Fsp3) is 0.500. The van der Waals surface area contributed by atoms with Gasteiger partial charge in [-0.1, -0.05) is 0 Å². The largest absolute Gasteiger partial charge is 0.304 e. The van der Waals surface area contributed by atoms with E-state index in [9.17, 15) is 4.79 Å². The van der Waals surface area contributed by atoms with Gasteiger partial charge < -0.3 is 10.6 Å². The summed E-state index contributed by atoms with van der Waals surface area (Å²) in [4.78, 5) is 17.3. The fourth-order valence-corrected chi connectivity index (χ4v) is 2.70. The van der Waals surface area contributed by atoms with Crippen LogP contribution in [-0.4, -0.2) is 33.3 Å². The van der Waals surface area contributed by atoms with Crippen molar-refractivity contribution < 1.29 is 4.79 Å². The Bertz CT molecular complexity index is 573. The van der Waals surface area contributed by atoms with Crippen molar-refractivity contribution in [3.63, 3.8) is 0 Å². The highest BCUT2D eigenvalue weighted by Gasteiger charge is 2.15. The third-order valence-corrected chi connectivity index (χ3v) is 4.51. The number of thiazole rings is 1. The molecule has 0 radical (unpaired) electrons. The normalized spacial score (nSPS) is 13.9. The first-order chi connectivity index (χ1) is 9.97. The lowest BCUT2D eigenvalue weighted by molar-refractivity contribution is -0.115. The van der Waals surface area contributed by atoms with Crippen LogP contribution in [0.25, 0.3) is 0 Å². The van der Waals surface area contributed by atoms with Gasteiger partial charge in [0.2, 0.25) is 5.91 Å². The molecule has 0 bridgehead atoms. The molecule has 7 heteroatoms. The second-order valence-corrected chi connectivity index (χ2v) is 6.31. The van der Waals surface area contributed by atoms with Crippen molar-refractivity contribution in [1.82, 2.24) is 20.1 Å². The van der Waals surface area contributed by atoms with Gasteiger partial charge >= 0.3 is 0 Å². The summed E-state index contributed by atoms with van der Waals surface area (Å²) in [5.41, 5.74) is 0.962. The first-order valence-electron chi connectivity index (χ1n) is 6.93. The van der Waals surface area contributed by atoms with Gasteiger partial charge in [0.1, 0.15) is 0 Å². The fourth-order valence-electron chi connectivity index (χ4n) is 1.86. The van der Waals surface area contributed by atoms with Gasteiger partial charge in [-0.2, -0.15) is 5.10 Å². The maximum absolute atomic E-state index is 11.9. The molecule has 0 aliphatic rings. The van der Waals surface area contributed by atoms with E-state index in [1.807, 2.05) is 37.7 Å². The maximum Gasteiger partial charge on any atom is 0.240 e. The van der Waals surface area contributed by atoms with Crippen LogP contribution in [0.15, 0.2) is 18.5 Å². The minimum atomic E-state index is -0.0803. The number of carbonyl (C=O) groups excluding carboxylic acids is 1. The Morgan fingerprint density at radius 2 is 2.19 bits per heavy atom. The number of anilines is 1. The van der Waals surface area contributed by atoms with E-state index >= 15 is 0 Å². The van der Waals surface area contributed by atoms with Crippen LogP contribution in [0.4, 0.5) is 5.13 Å². The van der Waals surface area contributed by atoms with E-state index in [1.165, 1.54) is 11.3 Å². The molecule has 2 rings (SSSR count). The molecule has 0 saturated carbocycles. The van der Waals surface area contributed by atoms with E-state index in [1.54, 1.807) is 6.20 Å². The summed E-state index contributed by atoms with van der Waals surface area (Å²) < 4.78 is 1.88. The molecule has 0 aliphatic heterocycles. The summed E-state index contributed by atoms with van der Waals surface area (Å²) in [6.07, 6.45) is 3.67. The zero-order valence-electron chi connectivity index (χ0n) is 12.8. The van der Waals surface area contributed by atoms with Crippen LogP contribution >= 0.6 is 11.3 Å². The van der Waals surface area contributed by atoms with Gasteiger partial charge in [-0.3, -0.25) is 9.48 Å². The Morgan fingerprint density at radius 3 is 2.76 bits per heavy atom. The number of aryl methyl sites for hydroxylation is 2. The lowest BCUT2D eigenvalue weighted by Gasteiger charge is -2.21. The van der Waals surface area contributed by atoms with Gasteiger partial charge in [0, 0.05) is 23.3 Å². The number of hydrogen-bond acceptors (Lipinski definition) is 5. The first-order valence-corrected chi connectivity index (χ1v) is 7.75. The van der Waals surface area contributed by atoms with Gasteiger partial charge in [-0.15, -0.1) is 11.3 Å². The smallest absolute Gasteiger partial charge is 0.240 e. The Balaban J connectivity index is 1.81. The lowest BCUT2D eigenvalue weighted by atomic mass is 10.2. The van der Waals surface area contributed by atoms with E-state index in [-0.39, 0.29) is 24.5 Å². The molecule has 0 fully saturated rings. The van der Waals surface area contributed by atoms with Crippen LogP contribution in [-0.2, 0) is 4.79 Å². The van der Waals surface area contributed by atoms with Crippen molar-refractivity contribution >= 4 is 22.4 Å². The minimum absolute atomic E-state index is 0.0803. The van der Waals surface area contributed by atoms with E-state index in [2.05, 4.69) is 27.6 Å². The molecule has 2 aromatic rings. The Morgan fingerprint density at radius 1 is 1.43 bits per heavy atom. The number of nitrogens with one attached hydrogen (secondary N) is 2. The first kappa shape index (κ1) is 15.7. The van der Waals surface area contributed by atoms with Crippen LogP contribution in [0.1, 0.15) is 30.5 Å². The second-order valence-electron chi connectivity index (χ2n) is 5.11. The van der Waals surface area contributed by atoms with Crippen LogP contribution in [0.2, 0.25) is 0 Å². The average Bonchev–Trinajstić information content (AvgIpc) is 3.06. The highest BCUT2D eigenvalue weighted by Crippen LogP contribution is 2.20. The standard InChI is InChI=1S/C14H21N5OS/c1-9(11(3)19-7-5-6-16-19)15-8-13(20)18-14-17-10(2)12(4)21-14/h5-7,9,11,15H,8H2,1-4H3,(H,17,18,20). The summed E-state index contributed by atoms with van der Waals surface area (Å²) in [5, 5.41) is 10.9. The molecule has 2 unspecified atom stereocenters. The Labute approximate surface area is 128 Å². The predicted molar refractivity (Wildman–Crippen MR) is 84.6 cm³/mol. The number of hydrogen-bond donors (Lipinski definition) is 2. The quantitative estimate of drug-likeness (QED) is 0.857. The van der Waals surface area contributed by atoms with Gasteiger partial charge in [0.05, 0.1) is 18.3 Å². The van der Waals surface area contributed by atoms with Gasteiger partial charge in [-0.05, 0) is 33.8 Å². The lowest BCUT2D eigenvalue weighted by Crippen LogP contribution is -2.39. The summed E-state index contributed by atoms with van der Waals surface area (Å²) in [6.45, 7) is 8.29. The molecular formula is C14H21N5OS. The molecule has 2 aromatic heterocycles. The van der Waals surface area contributed by atoms with Crippen molar-refractivity contribution in [2.45, 2.75) is 39.8 Å². The highest BCUT2D eigenvalue weighted by molar-refractivity contribution is 7.15. The van der Waals surface area contributed by atoms with Gasteiger partial charge in [0.15, 0.2) is 5.13 Å². The van der Waals surface area contributed by atoms with Gasteiger partial charge in [0.25, 0.3) is 0 Å². The molecule has 2 N–H and O–H groups in total. The topological polar surface area (TPSA) is 71.8 Å². The molecule has 1 amide bonds. The van der Waals surface area contributed by atoms with Crippen LogP contribution in [0.5, 0.6) is 0 Å². The number of carbonyl (C=O) groups is 1. The van der Waals surface area contributed by atoms with E-state index in [0.717, 1.165) is 10.6 Å². The molecule has 21 heavy (non-hydrogen) atoms. The molecule has 0 aromatic carbocycles. The average molecular weight is 307 g/mol. The molecular weight excluding hydrogens is 286 g/mol. The molecule has 2 atom stereocenters. The van der Waals surface area contributed by atoms with Crippen LogP contribution in [0, 0.1) is 13.8 Å². The summed E-state index contributed by atoms with van der Waals surface area (Å²) in [5.74, 6) is -0.0803. The number of nitrogens with zero attached hydrogens (tertiary/aromatic N) is 3. The van der Waals surface area contributed by atoms with Crippen molar-refractivity contribution in [3.05, 3.63) is 29.0 Å². The predicted octanol–water partition coefficient (Wildman–Crippen LogP) is 2.13. The molecule has 2 heterocycles. The SMILES string of the molecule is Cc1nc(NC(=O)CNC(C)C(C)n2cccn2)sc1C. The van der Waals surface area contributed by atoms with E-state index in [4.69, 9.17) is 0 Å². The number of aromatic nitrogens is 3. The molecule has 114 valence electrons. The number of rotatable bonds is 6. The zero-order valence-corrected chi connectivity index (χ0v) is 13.6. The minimum Gasteiger partial charge on any atom is -0.304 e. The Hall–Kier alpha value is -1.73. The van der Waals surface area contributed by atoms with Crippen LogP contribution < -0.4 is 10.6 Å². The second kappa shape index (κ2) is 6.82. The molecule has 0 saturated heterocycles. The maximum atomic E-state index is 11.9. The zero-order chi connectivity index (χ0) is 15.4.